The lowest BCUT2D eigenvalue weighted by Gasteiger charge is -2.41. The molecule has 1 aliphatic rings. The molecule has 1 unspecified atom stereocenters. The number of thiazole rings is 1. The van der Waals surface area contributed by atoms with Crippen LogP contribution in [-0.2, 0) is 6.54 Å². The van der Waals surface area contributed by atoms with Gasteiger partial charge in [0.1, 0.15) is 0 Å². The van der Waals surface area contributed by atoms with Gasteiger partial charge in [-0.25, -0.2) is 4.98 Å². The predicted molar refractivity (Wildman–Crippen MR) is 100 cm³/mol. The Morgan fingerprint density at radius 1 is 1.35 bits per heavy atom. The summed E-state index contributed by atoms with van der Waals surface area (Å²) < 4.78 is 6.18. The highest BCUT2D eigenvalue weighted by Gasteiger charge is 2.30. The summed E-state index contributed by atoms with van der Waals surface area (Å²) in [6.07, 6.45) is 4.07. The first-order valence-corrected chi connectivity index (χ1v) is 9.61. The van der Waals surface area contributed by atoms with Gasteiger partial charge in [-0.15, -0.1) is 11.3 Å². The van der Waals surface area contributed by atoms with E-state index in [0.29, 0.717) is 25.1 Å². The van der Waals surface area contributed by atoms with E-state index in [1.165, 1.54) is 0 Å². The van der Waals surface area contributed by atoms with Gasteiger partial charge in [-0.05, 0) is 30.7 Å². The maximum absolute atomic E-state index is 13.0. The van der Waals surface area contributed by atoms with Crippen molar-refractivity contribution in [3.63, 3.8) is 0 Å². The Bertz CT molecular complexity index is 877. The topological polar surface area (TPSA) is 69.8 Å². The van der Waals surface area contributed by atoms with Gasteiger partial charge in [0.15, 0.2) is 0 Å². The van der Waals surface area contributed by atoms with Crippen LogP contribution in [0.3, 0.4) is 0 Å². The number of carbonyl (C=O) groups is 1. The zero-order valence-electron chi connectivity index (χ0n) is 14.4. The van der Waals surface area contributed by atoms with Crippen molar-refractivity contribution in [2.45, 2.75) is 19.0 Å². The van der Waals surface area contributed by atoms with Crippen LogP contribution in [0, 0.1) is 0 Å². The fraction of sp³-hybridized carbons (Fsp3) is 0.368. The van der Waals surface area contributed by atoms with Crippen molar-refractivity contribution in [1.29, 1.82) is 0 Å². The summed E-state index contributed by atoms with van der Waals surface area (Å²) in [4.78, 5) is 21.4. The Labute approximate surface area is 155 Å². The number of furan rings is 1. The minimum absolute atomic E-state index is 0.0474. The summed E-state index contributed by atoms with van der Waals surface area (Å²) in [6.45, 7) is 2.97. The van der Waals surface area contributed by atoms with Crippen LogP contribution in [0.5, 0.6) is 0 Å². The number of amides is 1. The minimum atomic E-state index is 0.0474. The normalized spacial score (nSPS) is 18.5. The second kappa shape index (κ2) is 7.57. The van der Waals surface area contributed by atoms with Gasteiger partial charge in [0.05, 0.1) is 28.3 Å². The van der Waals surface area contributed by atoms with E-state index in [1.807, 2.05) is 29.2 Å². The molecular formula is C19H21N3O3S. The summed E-state index contributed by atoms with van der Waals surface area (Å²) in [7, 11) is 0. The maximum atomic E-state index is 13.0. The van der Waals surface area contributed by atoms with Crippen LogP contribution in [0.25, 0.3) is 10.2 Å². The van der Waals surface area contributed by atoms with Gasteiger partial charge in [0.25, 0.3) is 5.91 Å². The molecule has 0 saturated carbocycles. The van der Waals surface area contributed by atoms with Gasteiger partial charge in [-0.3, -0.25) is 9.69 Å². The van der Waals surface area contributed by atoms with Gasteiger partial charge in [0.2, 0.25) is 0 Å². The number of nitrogens with zero attached hydrogens (tertiary/aromatic N) is 3. The lowest BCUT2D eigenvalue weighted by Crippen LogP contribution is -2.54. The van der Waals surface area contributed by atoms with Crippen molar-refractivity contribution in [3.05, 3.63) is 53.4 Å². The Kier molecular flexibility index (Phi) is 5.01. The number of aromatic nitrogens is 1. The Morgan fingerprint density at radius 2 is 2.27 bits per heavy atom. The molecule has 3 aromatic rings. The van der Waals surface area contributed by atoms with E-state index in [9.17, 15) is 9.90 Å². The summed E-state index contributed by atoms with van der Waals surface area (Å²) in [5.74, 6) is 0.0474. The van der Waals surface area contributed by atoms with Gasteiger partial charge >= 0.3 is 0 Å². The number of benzene rings is 1. The van der Waals surface area contributed by atoms with E-state index in [1.54, 1.807) is 29.4 Å². The molecule has 3 heterocycles. The Balaban J connectivity index is 1.48. The van der Waals surface area contributed by atoms with Crippen molar-refractivity contribution in [2.24, 2.45) is 0 Å². The molecule has 26 heavy (non-hydrogen) atoms. The third kappa shape index (κ3) is 3.51. The van der Waals surface area contributed by atoms with Crippen LogP contribution < -0.4 is 0 Å². The first-order chi connectivity index (χ1) is 12.7. The lowest BCUT2D eigenvalue weighted by atomic mass is 10.1. The van der Waals surface area contributed by atoms with E-state index in [-0.39, 0.29) is 18.6 Å². The largest absolute Gasteiger partial charge is 0.472 e. The molecular weight excluding hydrogens is 350 g/mol. The van der Waals surface area contributed by atoms with E-state index >= 15 is 0 Å². The maximum Gasteiger partial charge on any atom is 0.254 e. The highest BCUT2D eigenvalue weighted by molar-refractivity contribution is 7.16. The molecule has 1 N–H and O–H groups in total. The van der Waals surface area contributed by atoms with Crippen LogP contribution in [0.4, 0.5) is 0 Å². The van der Waals surface area contributed by atoms with Crippen molar-refractivity contribution in [3.8, 4) is 0 Å². The number of fused-ring (bicyclic) bond motifs is 1. The van der Waals surface area contributed by atoms with E-state index in [2.05, 4.69) is 9.88 Å². The lowest BCUT2D eigenvalue weighted by molar-refractivity contribution is 0.0395. The highest BCUT2D eigenvalue weighted by Crippen LogP contribution is 2.22. The first-order valence-electron chi connectivity index (χ1n) is 8.73. The standard InChI is InChI=1S/C19H21N3O3S/c23-7-3-16-11-22(6-5-21(16)10-14-4-8-25-12-14)19(24)15-1-2-17-18(9-15)26-13-20-17/h1-2,4,8-9,12-13,16,23H,3,5-7,10-11H2. The third-order valence-electron chi connectivity index (χ3n) is 4.90. The van der Waals surface area contributed by atoms with Crippen LogP contribution >= 0.6 is 11.3 Å². The van der Waals surface area contributed by atoms with E-state index in [0.717, 1.165) is 28.9 Å². The predicted octanol–water partition coefficient (Wildman–Crippen LogP) is 2.60. The molecule has 0 bridgehead atoms. The molecule has 2 aromatic heterocycles. The minimum Gasteiger partial charge on any atom is -0.472 e. The molecule has 1 amide bonds. The average molecular weight is 371 g/mol. The third-order valence-corrected chi connectivity index (χ3v) is 5.69. The zero-order valence-corrected chi connectivity index (χ0v) is 15.2. The Hall–Kier alpha value is -2.22. The fourth-order valence-electron chi connectivity index (χ4n) is 3.50. The van der Waals surface area contributed by atoms with Gasteiger partial charge in [-0.2, -0.15) is 0 Å². The van der Waals surface area contributed by atoms with Gasteiger partial charge < -0.3 is 14.4 Å². The summed E-state index contributed by atoms with van der Waals surface area (Å²) >= 11 is 1.54. The summed E-state index contributed by atoms with van der Waals surface area (Å²) in [5, 5.41) is 9.44. The van der Waals surface area contributed by atoms with Gasteiger partial charge in [-0.1, -0.05) is 0 Å². The first kappa shape index (κ1) is 17.2. The average Bonchev–Trinajstić information content (AvgIpc) is 3.33. The van der Waals surface area contributed by atoms with Crippen molar-refractivity contribution >= 4 is 27.5 Å². The van der Waals surface area contributed by atoms with E-state index < -0.39 is 0 Å². The molecule has 136 valence electrons. The molecule has 0 radical (unpaired) electrons. The molecule has 1 aliphatic heterocycles. The van der Waals surface area contributed by atoms with Crippen LogP contribution in [-0.4, -0.2) is 58.1 Å². The second-order valence-electron chi connectivity index (χ2n) is 6.55. The molecule has 0 spiro atoms. The molecule has 6 nitrogen and oxygen atoms in total. The Morgan fingerprint density at radius 3 is 3.08 bits per heavy atom. The quantitative estimate of drug-likeness (QED) is 0.747. The molecule has 1 fully saturated rings. The van der Waals surface area contributed by atoms with E-state index in [4.69, 9.17) is 4.42 Å². The number of piperazine rings is 1. The number of aliphatic hydroxyl groups is 1. The highest BCUT2D eigenvalue weighted by atomic mass is 32.1. The number of aliphatic hydroxyl groups excluding tert-OH is 1. The molecule has 1 aromatic carbocycles. The second-order valence-corrected chi connectivity index (χ2v) is 7.44. The van der Waals surface area contributed by atoms with Crippen molar-refractivity contribution in [1.82, 2.24) is 14.8 Å². The van der Waals surface area contributed by atoms with Crippen LogP contribution in [0.2, 0.25) is 0 Å². The number of hydrogen-bond acceptors (Lipinski definition) is 6. The summed E-state index contributed by atoms with van der Waals surface area (Å²) in [6, 6.07) is 7.77. The van der Waals surface area contributed by atoms with Gasteiger partial charge in [0, 0.05) is 50.0 Å². The number of carbonyl (C=O) groups excluding carboxylic acids is 1. The van der Waals surface area contributed by atoms with Crippen LogP contribution in [0.1, 0.15) is 22.3 Å². The fourth-order valence-corrected chi connectivity index (χ4v) is 4.21. The summed E-state index contributed by atoms with van der Waals surface area (Å²) in [5.41, 5.74) is 4.54. The van der Waals surface area contributed by atoms with Crippen molar-refractivity contribution < 1.29 is 14.3 Å². The molecule has 7 heteroatoms. The monoisotopic (exact) mass is 371 g/mol. The molecule has 1 atom stereocenters. The smallest absolute Gasteiger partial charge is 0.254 e. The zero-order chi connectivity index (χ0) is 17.9. The molecule has 0 aliphatic carbocycles. The molecule has 1 saturated heterocycles. The van der Waals surface area contributed by atoms with Crippen molar-refractivity contribution in [2.75, 3.05) is 26.2 Å². The van der Waals surface area contributed by atoms with Crippen LogP contribution in [0.15, 0.2) is 46.7 Å². The SMILES string of the molecule is O=C(c1ccc2ncsc2c1)N1CCN(Cc2ccoc2)C(CCO)C1. The number of hydrogen-bond donors (Lipinski definition) is 1. The number of rotatable bonds is 5. The molecule has 4 rings (SSSR count).